The fourth-order valence-electron chi connectivity index (χ4n) is 3.84. The maximum atomic E-state index is 13.4. The first-order valence-corrected chi connectivity index (χ1v) is 12.0. The number of benzene rings is 2. The van der Waals surface area contributed by atoms with E-state index in [2.05, 4.69) is 9.97 Å². The van der Waals surface area contributed by atoms with E-state index in [0.29, 0.717) is 54.8 Å². The summed E-state index contributed by atoms with van der Waals surface area (Å²) in [7, 11) is 1.69. The lowest BCUT2D eigenvalue weighted by molar-refractivity contribution is 0.0741. The van der Waals surface area contributed by atoms with Gasteiger partial charge in [-0.3, -0.25) is 9.00 Å². The van der Waals surface area contributed by atoms with Crippen LogP contribution in [0.5, 0.6) is 17.2 Å². The van der Waals surface area contributed by atoms with Gasteiger partial charge in [-0.1, -0.05) is 30.3 Å². The van der Waals surface area contributed by atoms with E-state index in [4.69, 9.17) is 9.47 Å². The van der Waals surface area contributed by atoms with Crippen LogP contribution in [0.3, 0.4) is 0 Å². The zero-order valence-corrected chi connectivity index (χ0v) is 19.5. The lowest BCUT2D eigenvalue weighted by Crippen LogP contribution is -2.49. The van der Waals surface area contributed by atoms with Crippen LogP contribution >= 0.6 is 0 Å². The van der Waals surface area contributed by atoms with Crippen molar-refractivity contribution < 1.29 is 23.6 Å². The maximum absolute atomic E-state index is 13.4. The van der Waals surface area contributed by atoms with Crippen LogP contribution in [-0.2, 0) is 10.8 Å². The van der Waals surface area contributed by atoms with Gasteiger partial charge in [0.15, 0.2) is 16.7 Å². The lowest BCUT2D eigenvalue weighted by atomic mass is 10.1. The van der Waals surface area contributed by atoms with Crippen molar-refractivity contribution in [2.24, 2.45) is 0 Å². The molecule has 4 rings (SSSR count). The summed E-state index contributed by atoms with van der Waals surface area (Å²) in [6.07, 6.45) is 1.52. The molecule has 0 bridgehead atoms. The van der Waals surface area contributed by atoms with Gasteiger partial charge in [-0.2, -0.15) is 0 Å². The van der Waals surface area contributed by atoms with Crippen molar-refractivity contribution in [3.05, 3.63) is 48.2 Å². The second kappa shape index (κ2) is 9.53. The number of phenolic OH excluding ortho intramolecular Hbond substituents is 1. The van der Waals surface area contributed by atoms with Crippen LogP contribution in [0.1, 0.15) is 10.5 Å². The van der Waals surface area contributed by atoms with E-state index in [1.165, 1.54) is 13.4 Å². The minimum atomic E-state index is -1.35. The van der Waals surface area contributed by atoms with Gasteiger partial charge in [0.1, 0.15) is 17.1 Å². The predicted molar refractivity (Wildman–Crippen MR) is 126 cm³/mol. The number of anilines is 1. The number of aromatic nitrogens is 2. The highest BCUT2D eigenvalue weighted by molar-refractivity contribution is 7.84. The van der Waals surface area contributed by atoms with Crippen molar-refractivity contribution in [2.75, 3.05) is 51.6 Å². The van der Waals surface area contributed by atoms with Crippen molar-refractivity contribution in [3.8, 4) is 28.5 Å². The molecule has 2 heterocycles. The first-order chi connectivity index (χ1) is 15.9. The molecule has 1 amide bonds. The maximum Gasteiger partial charge on any atom is 0.272 e. The molecular formula is C23H26N4O5S. The van der Waals surface area contributed by atoms with Gasteiger partial charge in [0.25, 0.3) is 5.91 Å². The second-order valence-corrected chi connectivity index (χ2v) is 8.86. The fraction of sp³-hybridized carbons (Fsp3) is 0.304. The number of aromatic amines is 1. The Hall–Kier alpha value is -3.53. The number of nitrogens with zero attached hydrogens (tertiary/aromatic N) is 3. The first-order valence-electron chi connectivity index (χ1n) is 10.4. The number of phenols is 1. The number of hydrogen-bond donors (Lipinski definition) is 2. The smallest absolute Gasteiger partial charge is 0.272 e. The molecule has 1 aliphatic rings. The standard InChI is InChI=1S/C23H26N4O5S/c1-31-16-13-17(21(28)18(14-16)32-2)26-9-11-27(12-10-26)22(29)20-19(15-7-5-4-6-8-15)24-23(25-20)33(3)30/h4-8,13-14,28H,9-12H2,1-3H3,(H,24,25). The highest BCUT2D eigenvalue weighted by atomic mass is 32.2. The van der Waals surface area contributed by atoms with Gasteiger partial charge in [0.05, 0.1) is 30.7 Å². The molecule has 0 radical (unpaired) electrons. The number of hydrogen-bond acceptors (Lipinski definition) is 7. The number of methoxy groups -OCH3 is 2. The van der Waals surface area contributed by atoms with E-state index >= 15 is 0 Å². The average molecular weight is 471 g/mol. The number of amides is 1. The molecule has 9 nitrogen and oxygen atoms in total. The third-order valence-electron chi connectivity index (χ3n) is 5.61. The SMILES string of the molecule is COc1cc(OC)c(O)c(N2CCN(C(=O)c3[nH]c(S(C)=O)nc3-c3ccccc3)CC2)c1. The van der Waals surface area contributed by atoms with Gasteiger partial charge >= 0.3 is 0 Å². The van der Waals surface area contributed by atoms with E-state index in [-0.39, 0.29) is 16.8 Å². The Kier molecular flexibility index (Phi) is 6.55. The minimum Gasteiger partial charge on any atom is -0.503 e. The molecule has 3 aromatic rings. The lowest BCUT2D eigenvalue weighted by Gasteiger charge is -2.36. The number of H-pyrrole nitrogens is 1. The molecule has 0 aliphatic carbocycles. The predicted octanol–water partition coefficient (Wildman–Crippen LogP) is 2.50. The first kappa shape index (κ1) is 22.7. The number of carbonyl (C=O) groups excluding carboxylic acids is 1. The Labute approximate surface area is 194 Å². The van der Waals surface area contributed by atoms with Crippen molar-refractivity contribution >= 4 is 22.4 Å². The highest BCUT2D eigenvalue weighted by Gasteiger charge is 2.29. The largest absolute Gasteiger partial charge is 0.503 e. The van der Waals surface area contributed by atoms with Crippen LogP contribution < -0.4 is 14.4 Å². The third-order valence-corrected chi connectivity index (χ3v) is 6.34. The van der Waals surface area contributed by atoms with Crippen molar-refractivity contribution in [1.29, 1.82) is 0 Å². The molecule has 174 valence electrons. The van der Waals surface area contributed by atoms with Gasteiger partial charge in [0, 0.05) is 50.1 Å². The zero-order valence-electron chi connectivity index (χ0n) is 18.7. The number of carbonyl (C=O) groups is 1. The molecule has 0 spiro atoms. The molecule has 10 heteroatoms. The Balaban J connectivity index is 1.56. The van der Waals surface area contributed by atoms with Crippen LogP contribution in [0.15, 0.2) is 47.6 Å². The van der Waals surface area contributed by atoms with Crippen LogP contribution in [0.2, 0.25) is 0 Å². The summed E-state index contributed by atoms with van der Waals surface area (Å²) >= 11 is 0. The number of rotatable bonds is 6. The molecule has 2 N–H and O–H groups in total. The summed E-state index contributed by atoms with van der Waals surface area (Å²) in [5.74, 6) is 0.731. The summed E-state index contributed by atoms with van der Waals surface area (Å²) < 4.78 is 22.6. The summed E-state index contributed by atoms with van der Waals surface area (Å²) in [6, 6.07) is 12.7. The van der Waals surface area contributed by atoms with E-state index < -0.39 is 10.8 Å². The fourth-order valence-corrected chi connectivity index (χ4v) is 4.30. The Morgan fingerprint density at radius 2 is 1.79 bits per heavy atom. The van der Waals surface area contributed by atoms with Crippen molar-refractivity contribution in [1.82, 2.24) is 14.9 Å². The highest BCUT2D eigenvalue weighted by Crippen LogP contribution is 2.40. The number of aromatic hydroxyl groups is 1. The van der Waals surface area contributed by atoms with Gasteiger partial charge in [-0.25, -0.2) is 4.98 Å². The number of imidazole rings is 1. The van der Waals surface area contributed by atoms with Crippen molar-refractivity contribution in [2.45, 2.75) is 5.16 Å². The van der Waals surface area contributed by atoms with E-state index in [9.17, 15) is 14.1 Å². The van der Waals surface area contributed by atoms with Crippen LogP contribution in [0, 0.1) is 0 Å². The van der Waals surface area contributed by atoms with Gasteiger partial charge in [0.2, 0.25) is 0 Å². The molecule has 1 unspecified atom stereocenters. The zero-order chi connectivity index (χ0) is 23.5. The Morgan fingerprint density at radius 3 is 2.39 bits per heavy atom. The van der Waals surface area contributed by atoms with E-state index in [1.807, 2.05) is 35.2 Å². The van der Waals surface area contributed by atoms with Gasteiger partial charge in [-0.15, -0.1) is 0 Å². The molecule has 2 aromatic carbocycles. The molecule has 1 aliphatic heterocycles. The molecule has 1 atom stereocenters. The topological polar surface area (TPSA) is 108 Å². The van der Waals surface area contributed by atoms with Gasteiger partial charge in [-0.05, 0) is 0 Å². The summed E-state index contributed by atoms with van der Waals surface area (Å²) in [5, 5.41) is 10.9. The summed E-state index contributed by atoms with van der Waals surface area (Å²) in [5.41, 5.74) is 2.18. The summed E-state index contributed by atoms with van der Waals surface area (Å²) in [4.78, 5) is 24.5. The Bertz CT molecular complexity index is 1170. The number of ether oxygens (including phenoxy) is 2. The van der Waals surface area contributed by atoms with Crippen LogP contribution in [0.4, 0.5) is 5.69 Å². The number of piperazine rings is 1. The minimum absolute atomic E-state index is 0.0353. The molecule has 1 fully saturated rings. The second-order valence-electron chi connectivity index (χ2n) is 7.56. The molecule has 33 heavy (non-hydrogen) atoms. The van der Waals surface area contributed by atoms with Crippen molar-refractivity contribution in [3.63, 3.8) is 0 Å². The quantitative estimate of drug-likeness (QED) is 0.570. The third kappa shape index (κ3) is 4.51. The van der Waals surface area contributed by atoms with E-state index in [1.54, 1.807) is 24.1 Å². The average Bonchev–Trinajstić information content (AvgIpc) is 3.30. The molecule has 1 aromatic heterocycles. The molecular weight excluding hydrogens is 444 g/mol. The molecule has 1 saturated heterocycles. The Morgan fingerprint density at radius 1 is 1.09 bits per heavy atom. The normalized spacial score (nSPS) is 14.8. The number of nitrogens with one attached hydrogen (secondary N) is 1. The summed E-state index contributed by atoms with van der Waals surface area (Å²) in [6.45, 7) is 1.90. The van der Waals surface area contributed by atoms with Crippen LogP contribution in [-0.4, -0.2) is 76.7 Å². The van der Waals surface area contributed by atoms with E-state index in [0.717, 1.165) is 5.56 Å². The monoisotopic (exact) mass is 470 g/mol. The molecule has 0 saturated carbocycles. The van der Waals surface area contributed by atoms with Crippen LogP contribution in [0.25, 0.3) is 11.3 Å². The van der Waals surface area contributed by atoms with Gasteiger partial charge < -0.3 is 29.4 Å².